The summed E-state index contributed by atoms with van der Waals surface area (Å²) in [5.41, 5.74) is 5.40. The molecule has 2 aromatic carbocycles. The van der Waals surface area contributed by atoms with Gasteiger partial charge in [0.1, 0.15) is 0 Å². The molecule has 1 aliphatic carbocycles. The van der Waals surface area contributed by atoms with E-state index in [4.69, 9.17) is 0 Å². The van der Waals surface area contributed by atoms with Gasteiger partial charge in [0, 0.05) is 28.1 Å². The van der Waals surface area contributed by atoms with Crippen LogP contribution >= 0.6 is 11.3 Å². The number of carbonyl (C=O) groups excluding carboxylic acids is 2. The number of aromatic nitrogens is 1. The molecule has 1 aliphatic rings. The molecule has 1 heterocycles. The monoisotopic (exact) mass is 391 g/mol. The maximum Gasteiger partial charge on any atom is 0.257 e. The van der Waals surface area contributed by atoms with Gasteiger partial charge in [0.2, 0.25) is 5.91 Å². The van der Waals surface area contributed by atoms with Gasteiger partial charge in [-0.1, -0.05) is 29.8 Å². The van der Waals surface area contributed by atoms with E-state index in [9.17, 15) is 9.59 Å². The minimum atomic E-state index is -0.246. The van der Waals surface area contributed by atoms with Gasteiger partial charge in [0.05, 0.1) is 5.69 Å². The van der Waals surface area contributed by atoms with E-state index in [1.807, 2.05) is 5.38 Å². The SMILES string of the molecule is Cc1ccc(-c2csc(NC(=O)c3cccc(NC(=O)C4CC4)c3)n2)c(C)c1. The number of thiazole rings is 1. The first kappa shape index (κ1) is 18.4. The third kappa shape index (κ3) is 4.12. The molecule has 0 unspecified atom stereocenters. The minimum absolute atomic E-state index is 0.0237. The summed E-state index contributed by atoms with van der Waals surface area (Å²) in [6.07, 6.45) is 1.89. The molecule has 1 saturated carbocycles. The second-order valence-corrected chi connectivity index (χ2v) is 8.01. The predicted octanol–water partition coefficient (Wildman–Crippen LogP) is 5.03. The van der Waals surface area contributed by atoms with Gasteiger partial charge in [-0.3, -0.25) is 14.9 Å². The van der Waals surface area contributed by atoms with Crippen LogP contribution in [0.15, 0.2) is 47.8 Å². The Hall–Kier alpha value is -2.99. The fourth-order valence-electron chi connectivity index (χ4n) is 3.05. The average molecular weight is 391 g/mol. The lowest BCUT2D eigenvalue weighted by Crippen LogP contribution is -2.15. The topological polar surface area (TPSA) is 71.1 Å². The first-order valence-electron chi connectivity index (χ1n) is 9.25. The molecule has 0 saturated heterocycles. The normalized spacial score (nSPS) is 13.2. The van der Waals surface area contributed by atoms with Gasteiger partial charge in [-0.25, -0.2) is 4.98 Å². The lowest BCUT2D eigenvalue weighted by atomic mass is 10.0. The molecular formula is C22H21N3O2S. The first-order chi connectivity index (χ1) is 13.5. The molecule has 2 N–H and O–H groups in total. The highest BCUT2D eigenvalue weighted by molar-refractivity contribution is 7.14. The zero-order valence-electron chi connectivity index (χ0n) is 15.8. The number of hydrogen-bond donors (Lipinski definition) is 2. The molecule has 28 heavy (non-hydrogen) atoms. The maximum absolute atomic E-state index is 12.6. The summed E-state index contributed by atoms with van der Waals surface area (Å²) in [6, 6.07) is 13.2. The van der Waals surface area contributed by atoms with Crippen LogP contribution in [0.4, 0.5) is 10.8 Å². The fraction of sp³-hybridized carbons (Fsp3) is 0.227. The average Bonchev–Trinajstić information content (AvgIpc) is 3.42. The van der Waals surface area contributed by atoms with Crippen LogP contribution in [-0.4, -0.2) is 16.8 Å². The van der Waals surface area contributed by atoms with Crippen molar-refractivity contribution in [3.05, 3.63) is 64.5 Å². The summed E-state index contributed by atoms with van der Waals surface area (Å²) >= 11 is 1.39. The van der Waals surface area contributed by atoms with Gasteiger partial charge in [-0.05, 0) is 50.5 Å². The number of aryl methyl sites for hydroxylation is 2. The largest absolute Gasteiger partial charge is 0.326 e. The number of amides is 2. The van der Waals surface area contributed by atoms with E-state index in [1.165, 1.54) is 16.9 Å². The Labute approximate surface area is 167 Å². The Bertz CT molecular complexity index is 1050. The Kier molecular flexibility index (Phi) is 4.96. The molecule has 0 bridgehead atoms. The molecule has 1 aromatic heterocycles. The zero-order chi connectivity index (χ0) is 19.7. The van der Waals surface area contributed by atoms with Crippen LogP contribution in [0.3, 0.4) is 0 Å². The van der Waals surface area contributed by atoms with Crippen LogP contribution in [0.1, 0.15) is 34.3 Å². The van der Waals surface area contributed by atoms with Crippen molar-refractivity contribution in [3.8, 4) is 11.3 Å². The predicted molar refractivity (Wildman–Crippen MR) is 113 cm³/mol. The maximum atomic E-state index is 12.6. The Morgan fingerprint density at radius 2 is 1.89 bits per heavy atom. The van der Waals surface area contributed by atoms with Gasteiger partial charge in [-0.15, -0.1) is 11.3 Å². The minimum Gasteiger partial charge on any atom is -0.326 e. The third-order valence-electron chi connectivity index (χ3n) is 4.72. The molecular weight excluding hydrogens is 370 g/mol. The Balaban J connectivity index is 1.46. The first-order valence-corrected chi connectivity index (χ1v) is 10.1. The van der Waals surface area contributed by atoms with Crippen molar-refractivity contribution in [2.45, 2.75) is 26.7 Å². The molecule has 1 fully saturated rings. The van der Waals surface area contributed by atoms with Crippen LogP contribution < -0.4 is 10.6 Å². The molecule has 0 atom stereocenters. The number of anilines is 2. The van der Waals surface area contributed by atoms with Crippen molar-refractivity contribution in [1.82, 2.24) is 4.98 Å². The lowest BCUT2D eigenvalue weighted by Gasteiger charge is -2.07. The molecule has 4 rings (SSSR count). The van der Waals surface area contributed by atoms with E-state index < -0.39 is 0 Å². The van der Waals surface area contributed by atoms with Gasteiger partial charge in [0.25, 0.3) is 5.91 Å². The van der Waals surface area contributed by atoms with E-state index in [1.54, 1.807) is 24.3 Å². The summed E-state index contributed by atoms with van der Waals surface area (Å²) in [7, 11) is 0. The highest BCUT2D eigenvalue weighted by atomic mass is 32.1. The van der Waals surface area contributed by atoms with Crippen molar-refractivity contribution in [1.29, 1.82) is 0 Å². The van der Waals surface area contributed by atoms with Crippen LogP contribution in [0.5, 0.6) is 0 Å². The summed E-state index contributed by atoms with van der Waals surface area (Å²) in [5.74, 6) is -0.101. The third-order valence-corrected chi connectivity index (χ3v) is 5.48. The molecule has 5 nitrogen and oxygen atoms in total. The second kappa shape index (κ2) is 7.56. The number of carbonyl (C=O) groups is 2. The Morgan fingerprint density at radius 3 is 2.64 bits per heavy atom. The molecule has 142 valence electrons. The summed E-state index contributed by atoms with van der Waals surface area (Å²) in [5, 5.41) is 8.21. The lowest BCUT2D eigenvalue weighted by molar-refractivity contribution is -0.117. The quantitative estimate of drug-likeness (QED) is 0.641. The second-order valence-electron chi connectivity index (χ2n) is 7.15. The molecule has 6 heteroatoms. The van der Waals surface area contributed by atoms with Crippen molar-refractivity contribution in [2.75, 3.05) is 10.6 Å². The number of benzene rings is 2. The van der Waals surface area contributed by atoms with E-state index in [2.05, 4.69) is 47.7 Å². The number of nitrogens with one attached hydrogen (secondary N) is 2. The van der Waals surface area contributed by atoms with E-state index >= 15 is 0 Å². The van der Waals surface area contributed by atoms with Gasteiger partial charge < -0.3 is 5.32 Å². The summed E-state index contributed by atoms with van der Waals surface area (Å²) in [6.45, 7) is 4.12. The van der Waals surface area contributed by atoms with Gasteiger partial charge >= 0.3 is 0 Å². The summed E-state index contributed by atoms with van der Waals surface area (Å²) in [4.78, 5) is 29.1. The van der Waals surface area contributed by atoms with Crippen LogP contribution in [-0.2, 0) is 4.79 Å². The van der Waals surface area contributed by atoms with E-state index in [0.717, 1.165) is 29.7 Å². The molecule has 0 spiro atoms. The van der Waals surface area contributed by atoms with E-state index in [0.29, 0.717) is 16.4 Å². The smallest absolute Gasteiger partial charge is 0.257 e. The van der Waals surface area contributed by atoms with Crippen molar-refractivity contribution >= 4 is 34.0 Å². The zero-order valence-corrected chi connectivity index (χ0v) is 16.6. The van der Waals surface area contributed by atoms with Gasteiger partial charge in [-0.2, -0.15) is 0 Å². The highest BCUT2D eigenvalue weighted by Crippen LogP contribution is 2.30. The van der Waals surface area contributed by atoms with Crippen molar-refractivity contribution in [2.24, 2.45) is 5.92 Å². The van der Waals surface area contributed by atoms with Crippen molar-refractivity contribution < 1.29 is 9.59 Å². The number of rotatable bonds is 5. The van der Waals surface area contributed by atoms with Gasteiger partial charge in [0.15, 0.2) is 5.13 Å². The number of hydrogen-bond acceptors (Lipinski definition) is 4. The molecule has 2 amide bonds. The summed E-state index contributed by atoms with van der Waals surface area (Å²) < 4.78 is 0. The molecule has 3 aromatic rings. The molecule has 0 radical (unpaired) electrons. The Morgan fingerprint density at radius 1 is 1.07 bits per heavy atom. The molecule has 0 aliphatic heterocycles. The highest BCUT2D eigenvalue weighted by Gasteiger charge is 2.29. The van der Waals surface area contributed by atoms with Crippen molar-refractivity contribution in [3.63, 3.8) is 0 Å². The van der Waals surface area contributed by atoms with E-state index in [-0.39, 0.29) is 17.7 Å². The standard InChI is InChI=1S/C22H21N3O2S/c1-13-6-9-18(14(2)10-13)19-12-28-22(24-19)25-21(27)16-4-3-5-17(11-16)23-20(26)15-7-8-15/h3-6,9-12,15H,7-8H2,1-2H3,(H,23,26)(H,24,25,27). The number of nitrogens with zero attached hydrogens (tertiary/aromatic N) is 1. The van der Waals surface area contributed by atoms with Crippen LogP contribution in [0.25, 0.3) is 11.3 Å². The van der Waals surface area contributed by atoms with Crippen LogP contribution in [0.2, 0.25) is 0 Å². The fourth-order valence-corrected chi connectivity index (χ4v) is 3.76. The van der Waals surface area contributed by atoms with Crippen LogP contribution in [0, 0.1) is 19.8 Å².